The molecule has 1 aromatic carbocycles. The van der Waals surface area contributed by atoms with Gasteiger partial charge in [0.2, 0.25) is 0 Å². The predicted molar refractivity (Wildman–Crippen MR) is 65.0 cm³/mol. The fraction of sp³-hybridized carbons (Fsp3) is 0.500. The van der Waals surface area contributed by atoms with Crippen molar-refractivity contribution in [3.05, 3.63) is 35.4 Å². The van der Waals surface area contributed by atoms with Crippen LogP contribution in [0.4, 0.5) is 13.2 Å². The molecule has 102 valence electrons. The quantitative estimate of drug-likeness (QED) is 0.910. The van der Waals surface area contributed by atoms with Crippen LogP contribution in [0.1, 0.15) is 30.4 Å². The highest BCUT2D eigenvalue weighted by atomic mass is 19.4. The molecule has 1 aliphatic rings. The third kappa shape index (κ3) is 3.27. The van der Waals surface area contributed by atoms with Gasteiger partial charge < -0.3 is 5.32 Å². The van der Waals surface area contributed by atoms with E-state index in [1.165, 1.54) is 12.1 Å². The molecule has 19 heavy (non-hydrogen) atoms. The molecule has 0 aliphatic heterocycles. The van der Waals surface area contributed by atoms with E-state index in [-0.39, 0.29) is 24.1 Å². The minimum Gasteiger partial charge on any atom is -0.309 e. The summed E-state index contributed by atoms with van der Waals surface area (Å²) in [5.74, 6) is -0.0851. The van der Waals surface area contributed by atoms with E-state index < -0.39 is 11.7 Å². The van der Waals surface area contributed by atoms with Crippen LogP contribution in [-0.2, 0) is 12.7 Å². The highest BCUT2D eigenvalue weighted by Gasteiger charge is 2.33. The Hall–Kier alpha value is -1.54. The Morgan fingerprint density at radius 3 is 2.68 bits per heavy atom. The van der Waals surface area contributed by atoms with Crippen LogP contribution in [0.5, 0.6) is 0 Å². The largest absolute Gasteiger partial charge is 0.416 e. The van der Waals surface area contributed by atoms with E-state index in [9.17, 15) is 13.2 Å². The first-order valence-corrected chi connectivity index (χ1v) is 6.30. The molecule has 1 fully saturated rings. The Labute approximate surface area is 110 Å². The molecule has 0 heterocycles. The number of rotatable bonds is 3. The van der Waals surface area contributed by atoms with Crippen LogP contribution in [0.25, 0.3) is 0 Å². The van der Waals surface area contributed by atoms with Gasteiger partial charge in [0.15, 0.2) is 0 Å². The van der Waals surface area contributed by atoms with Gasteiger partial charge in [0.1, 0.15) is 0 Å². The zero-order valence-electron chi connectivity index (χ0n) is 10.4. The van der Waals surface area contributed by atoms with Crippen molar-refractivity contribution in [1.29, 1.82) is 5.26 Å². The standard InChI is InChI=1S/C14H15F3N2/c15-14(16,17)12-6-2-1-4-11(12)9-19-13-7-3-5-10(13)8-18/h1-2,4,6,10,13,19H,3,5,7,9H2. The lowest BCUT2D eigenvalue weighted by Gasteiger charge is -2.18. The third-order valence-electron chi connectivity index (χ3n) is 3.56. The summed E-state index contributed by atoms with van der Waals surface area (Å²) in [4.78, 5) is 0. The number of benzene rings is 1. The highest BCUT2D eigenvalue weighted by molar-refractivity contribution is 5.29. The summed E-state index contributed by atoms with van der Waals surface area (Å²) in [6.45, 7) is 0.151. The normalized spacial score (nSPS) is 23.3. The first-order chi connectivity index (χ1) is 9.02. The van der Waals surface area contributed by atoms with Crippen molar-refractivity contribution < 1.29 is 13.2 Å². The highest BCUT2D eigenvalue weighted by Crippen LogP contribution is 2.32. The maximum absolute atomic E-state index is 12.8. The lowest BCUT2D eigenvalue weighted by atomic mass is 10.0. The van der Waals surface area contributed by atoms with Crippen LogP contribution < -0.4 is 5.32 Å². The Balaban J connectivity index is 2.06. The predicted octanol–water partition coefficient (Wildman–Crippen LogP) is 3.49. The monoisotopic (exact) mass is 268 g/mol. The zero-order valence-corrected chi connectivity index (χ0v) is 10.4. The van der Waals surface area contributed by atoms with Crippen LogP contribution in [0.15, 0.2) is 24.3 Å². The number of hydrogen-bond donors (Lipinski definition) is 1. The van der Waals surface area contributed by atoms with Gasteiger partial charge in [-0.15, -0.1) is 0 Å². The van der Waals surface area contributed by atoms with E-state index in [4.69, 9.17) is 5.26 Å². The molecule has 1 aromatic rings. The Morgan fingerprint density at radius 1 is 1.26 bits per heavy atom. The molecule has 2 atom stereocenters. The first-order valence-electron chi connectivity index (χ1n) is 6.30. The van der Waals surface area contributed by atoms with Crippen molar-refractivity contribution in [3.63, 3.8) is 0 Å². The van der Waals surface area contributed by atoms with Crippen molar-refractivity contribution in [3.8, 4) is 6.07 Å². The van der Waals surface area contributed by atoms with Crippen molar-refractivity contribution in [2.75, 3.05) is 0 Å². The molecule has 0 spiro atoms. The minimum absolute atomic E-state index is 0.00582. The number of nitrogens with zero attached hydrogens (tertiary/aromatic N) is 1. The van der Waals surface area contributed by atoms with E-state index in [2.05, 4.69) is 11.4 Å². The molecule has 2 nitrogen and oxygen atoms in total. The second-order valence-electron chi connectivity index (χ2n) is 4.81. The molecule has 2 rings (SSSR count). The summed E-state index contributed by atoms with van der Waals surface area (Å²) in [5, 5.41) is 12.0. The van der Waals surface area contributed by atoms with Gasteiger partial charge in [-0.2, -0.15) is 18.4 Å². The Morgan fingerprint density at radius 2 is 2.00 bits per heavy atom. The van der Waals surface area contributed by atoms with Crippen LogP contribution in [0.2, 0.25) is 0 Å². The summed E-state index contributed by atoms with van der Waals surface area (Å²) in [6, 6.07) is 7.77. The number of nitrogens with one attached hydrogen (secondary N) is 1. The smallest absolute Gasteiger partial charge is 0.309 e. The maximum atomic E-state index is 12.8. The summed E-state index contributed by atoms with van der Waals surface area (Å²) in [6.07, 6.45) is -1.69. The first kappa shape index (κ1) is 13.9. The number of nitriles is 1. The zero-order chi connectivity index (χ0) is 13.9. The molecule has 1 aliphatic carbocycles. The van der Waals surface area contributed by atoms with Gasteiger partial charge in [0, 0.05) is 12.6 Å². The van der Waals surface area contributed by atoms with Crippen molar-refractivity contribution in [1.82, 2.24) is 5.32 Å². The lowest BCUT2D eigenvalue weighted by molar-refractivity contribution is -0.138. The van der Waals surface area contributed by atoms with E-state index in [0.29, 0.717) is 0 Å². The van der Waals surface area contributed by atoms with Gasteiger partial charge in [-0.05, 0) is 24.5 Å². The topological polar surface area (TPSA) is 35.8 Å². The van der Waals surface area contributed by atoms with Crippen molar-refractivity contribution in [2.45, 2.75) is 38.0 Å². The number of hydrogen-bond acceptors (Lipinski definition) is 2. The van der Waals surface area contributed by atoms with Crippen LogP contribution in [0, 0.1) is 17.2 Å². The van der Waals surface area contributed by atoms with E-state index in [1.54, 1.807) is 6.07 Å². The second-order valence-corrected chi connectivity index (χ2v) is 4.81. The van der Waals surface area contributed by atoms with Crippen LogP contribution in [-0.4, -0.2) is 6.04 Å². The molecule has 0 aromatic heterocycles. The summed E-state index contributed by atoms with van der Waals surface area (Å²) < 4.78 is 38.4. The van der Waals surface area contributed by atoms with Crippen LogP contribution in [0.3, 0.4) is 0 Å². The van der Waals surface area contributed by atoms with Crippen molar-refractivity contribution >= 4 is 0 Å². The van der Waals surface area contributed by atoms with Gasteiger partial charge >= 0.3 is 6.18 Å². The molecule has 0 radical (unpaired) electrons. The Kier molecular flexibility index (Phi) is 4.11. The summed E-state index contributed by atoms with van der Waals surface area (Å²) in [5.41, 5.74) is -0.368. The van der Waals surface area contributed by atoms with E-state index in [1.807, 2.05) is 0 Å². The molecular weight excluding hydrogens is 253 g/mol. The van der Waals surface area contributed by atoms with Gasteiger partial charge in [-0.3, -0.25) is 0 Å². The average molecular weight is 268 g/mol. The molecule has 0 bridgehead atoms. The molecule has 1 N–H and O–H groups in total. The number of halogens is 3. The molecule has 0 saturated heterocycles. The molecule has 5 heteroatoms. The summed E-state index contributed by atoms with van der Waals surface area (Å²) >= 11 is 0. The van der Waals surface area contributed by atoms with Crippen LogP contribution >= 0.6 is 0 Å². The lowest BCUT2D eigenvalue weighted by Crippen LogP contribution is -2.31. The van der Waals surface area contributed by atoms with E-state index in [0.717, 1.165) is 25.3 Å². The van der Waals surface area contributed by atoms with Gasteiger partial charge in [0.25, 0.3) is 0 Å². The fourth-order valence-corrected chi connectivity index (χ4v) is 2.55. The Bertz CT molecular complexity index is 476. The minimum atomic E-state index is -4.33. The van der Waals surface area contributed by atoms with Gasteiger partial charge in [-0.25, -0.2) is 0 Å². The maximum Gasteiger partial charge on any atom is 0.416 e. The van der Waals surface area contributed by atoms with Gasteiger partial charge in [-0.1, -0.05) is 24.6 Å². The summed E-state index contributed by atoms with van der Waals surface area (Å²) in [7, 11) is 0. The average Bonchev–Trinajstić information content (AvgIpc) is 2.83. The third-order valence-corrected chi connectivity index (χ3v) is 3.56. The molecule has 2 unspecified atom stereocenters. The second kappa shape index (κ2) is 5.62. The molecular formula is C14H15F3N2. The molecule has 1 saturated carbocycles. The van der Waals surface area contributed by atoms with E-state index >= 15 is 0 Å². The number of alkyl halides is 3. The van der Waals surface area contributed by atoms with Crippen molar-refractivity contribution in [2.24, 2.45) is 5.92 Å². The molecule has 0 amide bonds. The SMILES string of the molecule is N#CC1CCCC1NCc1ccccc1C(F)(F)F. The fourth-order valence-electron chi connectivity index (χ4n) is 2.55. The van der Waals surface area contributed by atoms with Gasteiger partial charge in [0.05, 0.1) is 17.6 Å².